The number of hydrogen-bond donors (Lipinski definition) is 1. The van der Waals surface area contributed by atoms with Crippen LogP contribution in [0.2, 0.25) is 0 Å². The molecule has 5 nitrogen and oxygen atoms in total. The summed E-state index contributed by atoms with van der Waals surface area (Å²) in [6.45, 7) is 1.98. The lowest BCUT2D eigenvalue weighted by molar-refractivity contribution is -0.0288. The van der Waals surface area contributed by atoms with Crippen molar-refractivity contribution in [2.75, 3.05) is 5.75 Å². The Morgan fingerprint density at radius 2 is 2.29 bits per heavy atom. The highest BCUT2D eigenvalue weighted by Gasteiger charge is 2.46. The first kappa shape index (κ1) is 14.9. The van der Waals surface area contributed by atoms with Crippen LogP contribution in [0.3, 0.4) is 0 Å². The number of rotatable bonds is 4. The van der Waals surface area contributed by atoms with E-state index in [9.17, 15) is 17.2 Å². The quantitative estimate of drug-likeness (QED) is 0.926. The van der Waals surface area contributed by atoms with E-state index in [4.69, 9.17) is 0 Å². The van der Waals surface area contributed by atoms with Crippen molar-refractivity contribution in [1.82, 2.24) is 14.3 Å². The number of imidazole rings is 1. The van der Waals surface area contributed by atoms with Crippen molar-refractivity contribution in [3.05, 3.63) is 18.2 Å². The van der Waals surface area contributed by atoms with Crippen LogP contribution in [-0.4, -0.2) is 29.6 Å². The Kier molecular flexibility index (Phi) is 3.56. The Hall–Kier alpha value is -1.02. The topological polar surface area (TPSA) is 64.0 Å². The number of alkyl halides is 2. The fourth-order valence-corrected chi connectivity index (χ4v) is 5.03. The lowest BCUT2D eigenvalue weighted by Crippen LogP contribution is -2.36. The molecule has 8 heteroatoms. The molecule has 3 rings (SSSR count). The van der Waals surface area contributed by atoms with Crippen molar-refractivity contribution in [3.63, 3.8) is 0 Å². The monoisotopic (exact) mass is 319 g/mol. The van der Waals surface area contributed by atoms with Crippen LogP contribution in [-0.2, 0) is 10.0 Å². The summed E-state index contributed by atoms with van der Waals surface area (Å²) in [5, 5.41) is 0. The molecule has 1 aromatic rings. The Morgan fingerprint density at radius 1 is 1.52 bits per heavy atom. The minimum Gasteiger partial charge on any atom is -0.331 e. The molecule has 1 fully saturated rings. The third-order valence-electron chi connectivity index (χ3n) is 4.46. The van der Waals surface area contributed by atoms with Crippen LogP contribution in [0, 0.1) is 5.92 Å². The Morgan fingerprint density at radius 3 is 2.95 bits per heavy atom. The Labute approximate surface area is 122 Å². The van der Waals surface area contributed by atoms with E-state index in [1.54, 1.807) is 12.4 Å². The molecule has 21 heavy (non-hydrogen) atoms. The molecule has 1 saturated carbocycles. The van der Waals surface area contributed by atoms with Crippen LogP contribution in [0.4, 0.5) is 8.78 Å². The second-order valence-electron chi connectivity index (χ2n) is 6.08. The molecule has 0 aromatic carbocycles. The molecule has 2 aliphatic rings. The summed E-state index contributed by atoms with van der Waals surface area (Å²) in [5.74, 6) is -3.79. The number of sulfonamides is 1. The van der Waals surface area contributed by atoms with Crippen LogP contribution in [0.5, 0.6) is 0 Å². The van der Waals surface area contributed by atoms with Crippen LogP contribution in [0.25, 0.3) is 0 Å². The summed E-state index contributed by atoms with van der Waals surface area (Å²) >= 11 is 0. The summed E-state index contributed by atoms with van der Waals surface area (Å²) in [6, 6.07) is -0.266. The highest BCUT2D eigenvalue weighted by atomic mass is 32.2. The molecule has 2 heterocycles. The van der Waals surface area contributed by atoms with Gasteiger partial charge in [-0.05, 0) is 26.2 Å². The van der Waals surface area contributed by atoms with Gasteiger partial charge in [0.2, 0.25) is 10.0 Å². The van der Waals surface area contributed by atoms with Gasteiger partial charge in [0.05, 0.1) is 11.8 Å². The van der Waals surface area contributed by atoms with Crippen LogP contribution in [0.1, 0.15) is 50.5 Å². The van der Waals surface area contributed by atoms with Gasteiger partial charge in [0.25, 0.3) is 5.92 Å². The highest BCUT2D eigenvalue weighted by molar-refractivity contribution is 7.89. The zero-order chi connectivity index (χ0) is 15.3. The first-order chi connectivity index (χ1) is 9.78. The molecule has 1 aromatic heterocycles. The first-order valence-corrected chi connectivity index (χ1v) is 8.84. The first-order valence-electron chi connectivity index (χ1n) is 7.19. The van der Waals surface area contributed by atoms with E-state index in [0.29, 0.717) is 18.7 Å². The van der Waals surface area contributed by atoms with Crippen LogP contribution in [0.15, 0.2) is 12.4 Å². The normalized spacial score (nSPS) is 31.5. The summed E-state index contributed by atoms with van der Waals surface area (Å²) in [7, 11) is -3.75. The van der Waals surface area contributed by atoms with Gasteiger partial charge in [-0.2, -0.15) is 0 Å². The lowest BCUT2D eigenvalue weighted by atomic mass is 10.1. The molecule has 1 aliphatic heterocycles. The summed E-state index contributed by atoms with van der Waals surface area (Å²) in [4.78, 5) is 4.16. The van der Waals surface area contributed by atoms with Gasteiger partial charge in [-0.25, -0.2) is 26.9 Å². The maximum Gasteiger partial charge on any atom is 0.251 e. The molecule has 1 aliphatic carbocycles. The summed E-state index contributed by atoms with van der Waals surface area (Å²) < 4.78 is 56.0. The van der Waals surface area contributed by atoms with Crippen LogP contribution >= 0.6 is 0 Å². The number of fused-ring (bicyclic) bond motifs is 1. The SMILES string of the molecule is CC1CC(NS(=O)(=O)CC2CCCC2(F)F)c2nccn21. The predicted molar refractivity (Wildman–Crippen MR) is 73.5 cm³/mol. The molecule has 0 spiro atoms. The molecule has 118 valence electrons. The highest BCUT2D eigenvalue weighted by Crippen LogP contribution is 2.41. The zero-order valence-electron chi connectivity index (χ0n) is 11.8. The van der Waals surface area contributed by atoms with Gasteiger partial charge >= 0.3 is 0 Å². The third-order valence-corrected chi connectivity index (χ3v) is 5.95. The second-order valence-corrected chi connectivity index (χ2v) is 7.88. The molecule has 0 amide bonds. The summed E-state index contributed by atoms with van der Waals surface area (Å²) in [5.41, 5.74) is 0. The van der Waals surface area contributed by atoms with Gasteiger partial charge in [-0.3, -0.25) is 0 Å². The van der Waals surface area contributed by atoms with Gasteiger partial charge in [0, 0.05) is 30.8 Å². The lowest BCUT2D eigenvalue weighted by Gasteiger charge is -2.20. The van der Waals surface area contributed by atoms with Gasteiger partial charge in [-0.1, -0.05) is 0 Å². The predicted octanol–water partition coefficient (Wildman–Crippen LogP) is 2.24. The number of aromatic nitrogens is 2. The average Bonchev–Trinajstić information content (AvgIpc) is 3.00. The summed E-state index contributed by atoms with van der Waals surface area (Å²) in [6.07, 6.45) is 4.47. The molecule has 0 bridgehead atoms. The van der Waals surface area contributed by atoms with E-state index in [-0.39, 0.29) is 18.9 Å². The fraction of sp³-hybridized carbons (Fsp3) is 0.769. The number of hydrogen-bond acceptors (Lipinski definition) is 3. The van der Waals surface area contributed by atoms with Crippen molar-refractivity contribution < 1.29 is 17.2 Å². The maximum absolute atomic E-state index is 13.6. The maximum atomic E-state index is 13.6. The molecule has 0 radical (unpaired) electrons. The second kappa shape index (κ2) is 5.01. The van der Waals surface area contributed by atoms with Crippen molar-refractivity contribution in [1.29, 1.82) is 0 Å². The van der Waals surface area contributed by atoms with E-state index in [0.717, 1.165) is 0 Å². The van der Waals surface area contributed by atoms with Gasteiger partial charge in [0.15, 0.2) is 0 Å². The average molecular weight is 319 g/mol. The molecule has 3 unspecified atom stereocenters. The van der Waals surface area contributed by atoms with Crippen molar-refractivity contribution in [2.24, 2.45) is 5.92 Å². The van der Waals surface area contributed by atoms with Gasteiger partial charge in [-0.15, -0.1) is 0 Å². The molecular formula is C13H19F2N3O2S. The fourth-order valence-electron chi connectivity index (χ4n) is 3.36. The van der Waals surface area contributed by atoms with Crippen molar-refractivity contribution in [3.8, 4) is 0 Å². The number of nitrogens with one attached hydrogen (secondary N) is 1. The standard InChI is InChI=1S/C13H19F2N3O2S/c1-9-7-11(12-16-5-6-18(9)12)17-21(19,20)8-10-3-2-4-13(10,14)15/h5-6,9-11,17H,2-4,7-8H2,1H3. The molecule has 0 saturated heterocycles. The number of halogens is 2. The largest absolute Gasteiger partial charge is 0.331 e. The van der Waals surface area contributed by atoms with E-state index in [1.165, 1.54) is 0 Å². The molecular weight excluding hydrogens is 300 g/mol. The van der Waals surface area contributed by atoms with E-state index in [2.05, 4.69) is 9.71 Å². The van der Waals surface area contributed by atoms with Crippen molar-refractivity contribution in [2.45, 2.75) is 50.6 Å². The van der Waals surface area contributed by atoms with E-state index < -0.39 is 33.7 Å². The van der Waals surface area contributed by atoms with Crippen molar-refractivity contribution >= 4 is 10.0 Å². The Bertz CT molecular complexity index is 629. The third kappa shape index (κ3) is 2.83. The van der Waals surface area contributed by atoms with Gasteiger partial charge < -0.3 is 4.57 Å². The Balaban J connectivity index is 1.70. The molecule has 1 N–H and O–H groups in total. The van der Waals surface area contributed by atoms with E-state index >= 15 is 0 Å². The number of nitrogens with zero attached hydrogens (tertiary/aromatic N) is 2. The minimum atomic E-state index is -3.75. The van der Waals surface area contributed by atoms with Crippen LogP contribution < -0.4 is 4.72 Å². The smallest absolute Gasteiger partial charge is 0.251 e. The molecule has 3 atom stereocenters. The zero-order valence-corrected chi connectivity index (χ0v) is 12.6. The van der Waals surface area contributed by atoms with Gasteiger partial charge in [0.1, 0.15) is 5.82 Å². The minimum absolute atomic E-state index is 0.156. The van der Waals surface area contributed by atoms with E-state index in [1.807, 2.05) is 11.5 Å².